The zero-order chi connectivity index (χ0) is 13.8. The lowest BCUT2D eigenvalue weighted by molar-refractivity contribution is 0.456. The van der Waals surface area contributed by atoms with Crippen molar-refractivity contribution >= 4 is 17.7 Å². The predicted octanol–water partition coefficient (Wildman–Crippen LogP) is 1.26. The molecule has 2 N–H and O–H groups in total. The van der Waals surface area contributed by atoms with Crippen LogP contribution in [0.2, 0.25) is 0 Å². The van der Waals surface area contributed by atoms with Crippen LogP contribution in [0.5, 0.6) is 0 Å². The minimum absolute atomic E-state index is 0.620. The van der Waals surface area contributed by atoms with Gasteiger partial charge in [-0.3, -0.25) is 4.99 Å². The van der Waals surface area contributed by atoms with E-state index >= 15 is 0 Å². The summed E-state index contributed by atoms with van der Waals surface area (Å²) in [4.78, 5) is 15.5. The summed E-state index contributed by atoms with van der Waals surface area (Å²) in [6.07, 6.45) is 7.21. The largest absolute Gasteiger partial charge is 0.370 e. The van der Waals surface area contributed by atoms with Gasteiger partial charge in [-0.15, -0.1) is 0 Å². The van der Waals surface area contributed by atoms with Gasteiger partial charge in [-0.2, -0.15) is 11.8 Å². The molecule has 2 heterocycles. The van der Waals surface area contributed by atoms with Crippen molar-refractivity contribution in [2.24, 2.45) is 10.7 Å². The van der Waals surface area contributed by atoms with Gasteiger partial charge in [-0.25, -0.2) is 9.97 Å². The lowest BCUT2D eigenvalue weighted by atomic mass is 10.2. The number of nitrogens with two attached hydrogens (primary N) is 1. The molecule has 3 rings (SSSR count). The van der Waals surface area contributed by atoms with Crippen LogP contribution in [-0.2, 0) is 6.42 Å². The molecule has 0 bridgehead atoms. The van der Waals surface area contributed by atoms with Crippen LogP contribution < -0.4 is 5.73 Å². The minimum Gasteiger partial charge on any atom is -0.370 e. The zero-order valence-electron chi connectivity index (χ0n) is 11.7. The van der Waals surface area contributed by atoms with E-state index in [0.717, 1.165) is 42.4 Å². The number of nitrogens with zero attached hydrogens (tertiary/aromatic N) is 4. The van der Waals surface area contributed by atoms with Crippen molar-refractivity contribution < 1.29 is 0 Å². The average Bonchev–Trinajstić information content (AvgIpc) is 3.33. The first-order valence-electron chi connectivity index (χ1n) is 7.26. The molecule has 20 heavy (non-hydrogen) atoms. The average molecular weight is 291 g/mol. The molecule has 2 aliphatic rings. The first kappa shape index (κ1) is 13.7. The third kappa shape index (κ3) is 3.62. The van der Waals surface area contributed by atoms with Crippen LogP contribution in [0.4, 0.5) is 0 Å². The molecule has 6 heteroatoms. The Balaban J connectivity index is 1.48. The predicted molar refractivity (Wildman–Crippen MR) is 83.1 cm³/mol. The highest BCUT2D eigenvalue weighted by Gasteiger charge is 2.25. The van der Waals surface area contributed by atoms with Gasteiger partial charge >= 0.3 is 0 Å². The molecular formula is C14H21N5S. The molecule has 1 saturated heterocycles. The van der Waals surface area contributed by atoms with E-state index in [-0.39, 0.29) is 0 Å². The van der Waals surface area contributed by atoms with Crippen LogP contribution in [0, 0.1) is 0 Å². The maximum atomic E-state index is 6.02. The van der Waals surface area contributed by atoms with Crippen LogP contribution in [0.15, 0.2) is 17.4 Å². The van der Waals surface area contributed by atoms with Crippen molar-refractivity contribution in [3.63, 3.8) is 0 Å². The molecule has 5 nitrogen and oxygen atoms in total. The molecule has 1 aliphatic heterocycles. The third-order valence-electron chi connectivity index (χ3n) is 3.68. The van der Waals surface area contributed by atoms with Gasteiger partial charge in [0.1, 0.15) is 5.82 Å². The van der Waals surface area contributed by atoms with Gasteiger partial charge in [-0.1, -0.05) is 0 Å². The van der Waals surface area contributed by atoms with Crippen molar-refractivity contribution in [1.82, 2.24) is 14.9 Å². The highest BCUT2D eigenvalue weighted by atomic mass is 32.2. The van der Waals surface area contributed by atoms with Crippen molar-refractivity contribution in [1.29, 1.82) is 0 Å². The summed E-state index contributed by atoms with van der Waals surface area (Å²) in [6.45, 7) is 2.74. The van der Waals surface area contributed by atoms with E-state index in [1.807, 2.05) is 24.2 Å². The number of hydrogen-bond acceptors (Lipinski definition) is 4. The molecule has 2 fully saturated rings. The Morgan fingerprint density at radius 1 is 1.30 bits per heavy atom. The van der Waals surface area contributed by atoms with Crippen LogP contribution >= 0.6 is 11.8 Å². The van der Waals surface area contributed by atoms with Crippen molar-refractivity contribution in [2.45, 2.75) is 25.2 Å². The van der Waals surface area contributed by atoms with E-state index in [9.17, 15) is 0 Å². The fraction of sp³-hybridized carbons (Fsp3) is 0.643. The summed E-state index contributed by atoms with van der Waals surface area (Å²) in [5, 5.41) is 0. The maximum absolute atomic E-state index is 6.02. The van der Waals surface area contributed by atoms with Crippen LogP contribution in [-0.4, -0.2) is 52.0 Å². The quantitative estimate of drug-likeness (QED) is 0.668. The lowest BCUT2D eigenvalue weighted by Gasteiger charge is -2.27. The summed E-state index contributed by atoms with van der Waals surface area (Å²) in [7, 11) is 0. The van der Waals surface area contributed by atoms with Gasteiger partial charge in [0.25, 0.3) is 0 Å². The first-order chi connectivity index (χ1) is 9.83. The SMILES string of the molecule is NC(=NCCc1cnc(C2CC2)nc1)N1CCSCC1. The van der Waals surface area contributed by atoms with E-state index in [1.54, 1.807) is 0 Å². The van der Waals surface area contributed by atoms with Gasteiger partial charge in [-0.05, 0) is 24.8 Å². The summed E-state index contributed by atoms with van der Waals surface area (Å²) in [6, 6.07) is 0. The molecule has 108 valence electrons. The molecule has 0 aromatic carbocycles. The number of rotatable bonds is 4. The van der Waals surface area contributed by atoms with Gasteiger partial charge in [0.05, 0.1) is 0 Å². The minimum atomic E-state index is 0.620. The van der Waals surface area contributed by atoms with E-state index in [1.165, 1.54) is 12.8 Å². The Bertz CT molecular complexity index is 463. The third-order valence-corrected chi connectivity index (χ3v) is 4.62. The number of aliphatic imine (C=N–C) groups is 1. The molecule has 1 aromatic heterocycles. The van der Waals surface area contributed by atoms with E-state index in [0.29, 0.717) is 18.4 Å². The summed E-state index contributed by atoms with van der Waals surface area (Å²) in [5.74, 6) is 4.59. The van der Waals surface area contributed by atoms with E-state index in [2.05, 4.69) is 19.9 Å². The second-order valence-electron chi connectivity index (χ2n) is 5.31. The van der Waals surface area contributed by atoms with E-state index in [4.69, 9.17) is 5.73 Å². The fourth-order valence-corrected chi connectivity index (χ4v) is 3.14. The second kappa shape index (κ2) is 6.43. The summed E-state index contributed by atoms with van der Waals surface area (Å²) >= 11 is 1.98. The van der Waals surface area contributed by atoms with Gasteiger partial charge in [0.2, 0.25) is 0 Å². The normalized spacial score (nSPS) is 20.2. The molecule has 0 atom stereocenters. The molecule has 0 spiro atoms. The Kier molecular flexibility index (Phi) is 4.40. The lowest BCUT2D eigenvalue weighted by Crippen LogP contribution is -2.42. The Labute approximate surface area is 124 Å². The summed E-state index contributed by atoms with van der Waals surface area (Å²) < 4.78 is 0. The Morgan fingerprint density at radius 3 is 2.65 bits per heavy atom. The standard InChI is InChI=1S/C14H21N5S/c15-14(19-5-7-20-8-6-19)16-4-3-11-9-17-13(18-10-11)12-1-2-12/h9-10,12H,1-8H2,(H2,15,16). The number of guanidine groups is 1. The van der Waals surface area contributed by atoms with Gasteiger partial charge in [0, 0.05) is 49.5 Å². The molecule has 0 unspecified atom stereocenters. The zero-order valence-corrected chi connectivity index (χ0v) is 12.5. The van der Waals surface area contributed by atoms with E-state index < -0.39 is 0 Å². The fourth-order valence-electron chi connectivity index (χ4n) is 2.24. The Morgan fingerprint density at radius 2 is 2.00 bits per heavy atom. The first-order valence-corrected chi connectivity index (χ1v) is 8.42. The molecular weight excluding hydrogens is 270 g/mol. The maximum Gasteiger partial charge on any atom is 0.191 e. The highest BCUT2D eigenvalue weighted by molar-refractivity contribution is 7.99. The smallest absolute Gasteiger partial charge is 0.191 e. The summed E-state index contributed by atoms with van der Waals surface area (Å²) in [5.41, 5.74) is 7.16. The molecule has 0 amide bonds. The van der Waals surface area contributed by atoms with Gasteiger partial charge in [0.15, 0.2) is 5.96 Å². The molecule has 0 radical (unpaired) electrons. The van der Waals surface area contributed by atoms with Crippen LogP contribution in [0.1, 0.15) is 30.1 Å². The highest BCUT2D eigenvalue weighted by Crippen LogP contribution is 2.37. The molecule has 1 saturated carbocycles. The van der Waals surface area contributed by atoms with Crippen LogP contribution in [0.25, 0.3) is 0 Å². The van der Waals surface area contributed by atoms with Crippen molar-refractivity contribution in [3.8, 4) is 0 Å². The van der Waals surface area contributed by atoms with Gasteiger partial charge < -0.3 is 10.6 Å². The monoisotopic (exact) mass is 291 g/mol. The number of thioether (sulfide) groups is 1. The Hall–Kier alpha value is -1.30. The number of aromatic nitrogens is 2. The van der Waals surface area contributed by atoms with Crippen molar-refractivity contribution in [2.75, 3.05) is 31.1 Å². The second-order valence-corrected chi connectivity index (χ2v) is 6.54. The molecule has 1 aliphatic carbocycles. The van der Waals surface area contributed by atoms with Crippen molar-refractivity contribution in [3.05, 3.63) is 23.8 Å². The topological polar surface area (TPSA) is 67.4 Å². The van der Waals surface area contributed by atoms with Crippen LogP contribution in [0.3, 0.4) is 0 Å². The number of hydrogen-bond donors (Lipinski definition) is 1. The molecule has 1 aromatic rings.